The molecule has 1 aliphatic carbocycles. The molecule has 0 aliphatic heterocycles. The van der Waals surface area contributed by atoms with E-state index < -0.39 is 5.97 Å². The third-order valence-corrected chi connectivity index (χ3v) is 6.06. The van der Waals surface area contributed by atoms with Crippen molar-refractivity contribution in [3.8, 4) is 5.75 Å². The molecule has 1 aromatic carbocycles. The average Bonchev–Trinajstić information content (AvgIpc) is 3.25. The highest BCUT2D eigenvalue weighted by atomic mass is 16.4. The molecule has 0 bridgehead atoms. The molecule has 0 saturated heterocycles. The van der Waals surface area contributed by atoms with Crippen LogP contribution in [0.25, 0.3) is 4.85 Å². The molecule has 28 heavy (non-hydrogen) atoms. The van der Waals surface area contributed by atoms with E-state index in [0.29, 0.717) is 23.5 Å². The second-order valence-electron chi connectivity index (χ2n) is 7.91. The summed E-state index contributed by atoms with van der Waals surface area (Å²) < 4.78 is 5.35. The van der Waals surface area contributed by atoms with Crippen LogP contribution in [-0.2, 0) is 12.8 Å². The molecule has 4 atom stereocenters. The van der Waals surface area contributed by atoms with Crippen LogP contribution in [0.4, 0.5) is 0 Å². The van der Waals surface area contributed by atoms with Crippen molar-refractivity contribution in [1.82, 2.24) is 0 Å². The predicted octanol–water partition coefficient (Wildman–Crippen LogP) is 5.20. The van der Waals surface area contributed by atoms with Gasteiger partial charge in [-0.2, -0.15) is 0 Å². The van der Waals surface area contributed by atoms with Gasteiger partial charge in [-0.25, -0.2) is 11.4 Å². The number of carboxylic acids is 1. The van der Waals surface area contributed by atoms with Crippen molar-refractivity contribution in [2.24, 2.45) is 17.8 Å². The van der Waals surface area contributed by atoms with E-state index in [1.165, 1.54) is 6.07 Å². The lowest BCUT2D eigenvalue weighted by atomic mass is 9.82. The Hall–Kier alpha value is -2.74. The molecule has 1 aliphatic rings. The Morgan fingerprint density at radius 2 is 2.04 bits per heavy atom. The second-order valence-corrected chi connectivity index (χ2v) is 7.91. The van der Waals surface area contributed by atoms with Gasteiger partial charge < -0.3 is 19.5 Å². The Kier molecular flexibility index (Phi) is 6.41. The van der Waals surface area contributed by atoms with Crippen LogP contribution < -0.4 is 0 Å². The first-order chi connectivity index (χ1) is 13.5. The van der Waals surface area contributed by atoms with Gasteiger partial charge in [-0.05, 0) is 67.3 Å². The van der Waals surface area contributed by atoms with Crippen molar-refractivity contribution in [2.75, 3.05) is 0 Å². The number of hydrogen-bond acceptors (Lipinski definition) is 3. The molecule has 0 radical (unpaired) electrons. The number of aromatic carboxylic acids is 1. The van der Waals surface area contributed by atoms with Crippen LogP contribution in [0.3, 0.4) is 0 Å². The van der Waals surface area contributed by atoms with E-state index in [2.05, 4.69) is 11.8 Å². The maximum absolute atomic E-state index is 10.9. The van der Waals surface area contributed by atoms with E-state index >= 15 is 0 Å². The minimum Gasteiger partial charge on any atom is -0.508 e. The highest BCUT2D eigenvalue weighted by molar-refractivity contribution is 5.84. The molecule has 148 valence electrons. The van der Waals surface area contributed by atoms with E-state index in [4.69, 9.17) is 16.1 Å². The van der Waals surface area contributed by atoms with Crippen LogP contribution in [0.2, 0.25) is 0 Å². The zero-order valence-corrected chi connectivity index (χ0v) is 16.2. The number of hydrogen-bond donors (Lipinski definition) is 2. The van der Waals surface area contributed by atoms with E-state index in [1.807, 2.05) is 12.1 Å². The Morgan fingerprint density at radius 1 is 1.21 bits per heavy atom. The standard InChI is InChI=1S/C23H27NO4/c1-15-13-21(24-2)20(11-9-16-5-3-6-17(25)14-16)19(15)8-4-7-18-10-12-22(28-18)23(26)27/h3,5-6,10,12,14-15,19-21,25H,4,7-9,11,13H2,1H3,(H,26,27)/t15?,19-,20+,21?/m0/s1. The lowest BCUT2D eigenvalue weighted by Gasteiger charge is -2.22. The smallest absolute Gasteiger partial charge is 0.371 e. The monoisotopic (exact) mass is 381 g/mol. The summed E-state index contributed by atoms with van der Waals surface area (Å²) in [6, 6.07) is 10.7. The molecule has 1 heterocycles. The summed E-state index contributed by atoms with van der Waals surface area (Å²) in [5, 5.41) is 18.6. The number of phenols is 1. The van der Waals surface area contributed by atoms with Crippen molar-refractivity contribution in [2.45, 2.75) is 51.5 Å². The number of phenolic OH excluding ortho intramolecular Hbond substituents is 1. The summed E-state index contributed by atoms with van der Waals surface area (Å²) >= 11 is 0. The van der Waals surface area contributed by atoms with E-state index in [0.717, 1.165) is 44.1 Å². The van der Waals surface area contributed by atoms with Gasteiger partial charge in [0, 0.05) is 18.8 Å². The first-order valence-electron chi connectivity index (χ1n) is 9.94. The topological polar surface area (TPSA) is 75.0 Å². The number of aromatic hydroxyl groups is 1. The van der Waals surface area contributed by atoms with Crippen LogP contribution in [0, 0.1) is 24.3 Å². The molecular formula is C23H27NO4. The van der Waals surface area contributed by atoms with Crippen LogP contribution in [0.15, 0.2) is 40.8 Å². The van der Waals surface area contributed by atoms with Crippen molar-refractivity contribution < 1.29 is 19.4 Å². The molecule has 5 heteroatoms. The van der Waals surface area contributed by atoms with Gasteiger partial charge in [0.1, 0.15) is 11.5 Å². The van der Waals surface area contributed by atoms with Gasteiger partial charge in [0.05, 0.1) is 0 Å². The molecule has 3 rings (SSSR count). The molecule has 2 aromatic rings. The van der Waals surface area contributed by atoms with Crippen molar-refractivity contribution >= 4 is 5.97 Å². The van der Waals surface area contributed by atoms with Gasteiger partial charge in [-0.1, -0.05) is 19.1 Å². The molecule has 2 N–H and O–H groups in total. The Labute approximate surface area is 165 Å². The summed E-state index contributed by atoms with van der Waals surface area (Å²) in [4.78, 5) is 14.8. The lowest BCUT2D eigenvalue weighted by Crippen LogP contribution is -2.19. The number of benzene rings is 1. The summed E-state index contributed by atoms with van der Waals surface area (Å²) in [6.45, 7) is 9.84. The van der Waals surface area contributed by atoms with Gasteiger partial charge in [-0.15, -0.1) is 0 Å². The normalized spacial score (nSPS) is 24.1. The van der Waals surface area contributed by atoms with Gasteiger partial charge >= 0.3 is 5.97 Å². The molecule has 0 spiro atoms. The zero-order chi connectivity index (χ0) is 20.1. The third kappa shape index (κ3) is 4.75. The summed E-state index contributed by atoms with van der Waals surface area (Å²) in [6.07, 6.45) is 5.43. The van der Waals surface area contributed by atoms with Gasteiger partial charge in [-0.3, -0.25) is 0 Å². The van der Waals surface area contributed by atoms with Crippen molar-refractivity contribution in [3.63, 3.8) is 0 Å². The highest BCUT2D eigenvalue weighted by Crippen LogP contribution is 2.44. The maximum Gasteiger partial charge on any atom is 0.371 e. The van der Waals surface area contributed by atoms with Gasteiger partial charge in [0.25, 0.3) is 0 Å². The molecular weight excluding hydrogens is 354 g/mol. The van der Waals surface area contributed by atoms with Crippen LogP contribution in [0.5, 0.6) is 5.75 Å². The number of rotatable bonds is 8. The van der Waals surface area contributed by atoms with Gasteiger partial charge in [0.2, 0.25) is 11.8 Å². The van der Waals surface area contributed by atoms with E-state index in [1.54, 1.807) is 18.2 Å². The number of aryl methyl sites for hydroxylation is 2. The molecule has 5 nitrogen and oxygen atoms in total. The predicted molar refractivity (Wildman–Crippen MR) is 106 cm³/mol. The number of furan rings is 1. The fraction of sp³-hybridized carbons (Fsp3) is 0.478. The molecule has 2 unspecified atom stereocenters. The summed E-state index contributed by atoms with van der Waals surface area (Å²) in [5.41, 5.74) is 1.11. The highest BCUT2D eigenvalue weighted by Gasteiger charge is 2.44. The van der Waals surface area contributed by atoms with Gasteiger partial charge in [0.15, 0.2) is 0 Å². The minimum absolute atomic E-state index is 0.0127. The fourth-order valence-corrected chi connectivity index (χ4v) is 4.68. The summed E-state index contributed by atoms with van der Waals surface area (Å²) in [5.74, 6) is 1.31. The zero-order valence-electron chi connectivity index (χ0n) is 16.2. The number of carbonyl (C=O) groups is 1. The Bertz CT molecular complexity index is 850. The lowest BCUT2D eigenvalue weighted by molar-refractivity contribution is 0.0660. The second kappa shape index (κ2) is 8.97. The SMILES string of the molecule is [C-]#[N+]C1CC(C)[C@H](CCCc2ccc(C(=O)O)o2)[C@H]1CCc1cccc(O)c1. The first kappa shape index (κ1) is 20.0. The number of nitrogens with zero attached hydrogens (tertiary/aromatic N) is 1. The minimum atomic E-state index is -1.04. The van der Waals surface area contributed by atoms with E-state index in [9.17, 15) is 9.90 Å². The van der Waals surface area contributed by atoms with E-state index in [-0.39, 0.29) is 17.6 Å². The number of carboxylic acid groups (broad SMARTS) is 1. The van der Waals surface area contributed by atoms with Crippen molar-refractivity contribution in [3.05, 3.63) is 64.9 Å². The maximum atomic E-state index is 10.9. The Morgan fingerprint density at radius 3 is 2.71 bits per heavy atom. The molecule has 1 fully saturated rings. The molecule has 1 aromatic heterocycles. The molecule has 0 amide bonds. The van der Waals surface area contributed by atoms with Crippen LogP contribution >= 0.6 is 0 Å². The van der Waals surface area contributed by atoms with Crippen LogP contribution in [-0.4, -0.2) is 22.2 Å². The molecule has 1 saturated carbocycles. The quantitative estimate of drug-likeness (QED) is 0.616. The van der Waals surface area contributed by atoms with Crippen molar-refractivity contribution in [1.29, 1.82) is 0 Å². The van der Waals surface area contributed by atoms with Crippen LogP contribution in [0.1, 0.15) is 54.5 Å². The largest absolute Gasteiger partial charge is 0.508 e. The summed E-state index contributed by atoms with van der Waals surface area (Å²) in [7, 11) is 0. The Balaban J connectivity index is 1.58. The third-order valence-electron chi connectivity index (χ3n) is 6.06. The average molecular weight is 381 g/mol. The first-order valence-corrected chi connectivity index (χ1v) is 9.94. The fourth-order valence-electron chi connectivity index (χ4n) is 4.68.